The van der Waals surface area contributed by atoms with Crippen LogP contribution in [-0.2, 0) is 25.7 Å². The summed E-state index contributed by atoms with van der Waals surface area (Å²) < 4.78 is 26.5. The van der Waals surface area contributed by atoms with Gasteiger partial charge >= 0.3 is 0 Å². The molecule has 2 fully saturated rings. The second-order valence-electron chi connectivity index (χ2n) is 15.4. The molecule has 3 N–H and O–H groups in total. The summed E-state index contributed by atoms with van der Waals surface area (Å²) >= 11 is 0. The number of aliphatic hydroxyl groups is 3. The number of hydrogen-bond donors (Lipinski definition) is 3. The molecular weight excluding hydrogens is 714 g/mol. The Hall–Kier alpha value is -3.81. The summed E-state index contributed by atoms with van der Waals surface area (Å²) in [6, 6.07) is 11.3. The molecule has 1 amide bonds. The van der Waals surface area contributed by atoms with Gasteiger partial charge in [0.05, 0.1) is 43.8 Å². The predicted molar refractivity (Wildman–Crippen MR) is 212 cm³/mol. The van der Waals surface area contributed by atoms with Crippen molar-refractivity contribution in [3.05, 3.63) is 77.7 Å². The average molecular weight is 776 g/mol. The van der Waals surface area contributed by atoms with Gasteiger partial charge in [-0.3, -0.25) is 9.78 Å². The van der Waals surface area contributed by atoms with Crippen molar-refractivity contribution in [3.63, 3.8) is 0 Å². The highest BCUT2D eigenvalue weighted by molar-refractivity contribution is 6.03. The number of amides is 1. The van der Waals surface area contributed by atoms with Gasteiger partial charge in [0.1, 0.15) is 30.8 Å². The van der Waals surface area contributed by atoms with Crippen LogP contribution in [-0.4, -0.2) is 101 Å². The number of aryl methyl sites for hydroxylation is 1. The third-order valence-corrected chi connectivity index (χ3v) is 11.6. The molecule has 1 aliphatic heterocycles. The first-order valence-electron chi connectivity index (χ1n) is 20.6. The molecule has 6 rings (SSSR count). The fourth-order valence-corrected chi connectivity index (χ4v) is 9.03. The van der Waals surface area contributed by atoms with E-state index in [-0.39, 0.29) is 75.8 Å². The molecule has 12 heteroatoms. The lowest BCUT2D eigenvalue weighted by atomic mass is 9.55. The van der Waals surface area contributed by atoms with E-state index in [9.17, 15) is 20.1 Å². The summed E-state index contributed by atoms with van der Waals surface area (Å²) in [7, 11) is 0. The van der Waals surface area contributed by atoms with Crippen LogP contribution >= 0.6 is 0 Å². The smallest absolute Gasteiger partial charge is 0.239 e. The zero-order valence-electron chi connectivity index (χ0n) is 33.2. The van der Waals surface area contributed by atoms with E-state index in [1.807, 2.05) is 49.1 Å². The van der Waals surface area contributed by atoms with E-state index in [1.54, 1.807) is 6.08 Å². The Morgan fingerprint density at radius 3 is 2.59 bits per heavy atom. The number of carbonyl (C=O) groups is 1. The maximum absolute atomic E-state index is 14.4. The number of allylic oxidation sites excluding steroid dienone is 1. The fourth-order valence-electron chi connectivity index (χ4n) is 9.03. The van der Waals surface area contributed by atoms with Gasteiger partial charge < -0.3 is 44.0 Å². The Balaban J connectivity index is 1.53. The van der Waals surface area contributed by atoms with E-state index in [0.717, 1.165) is 66.8 Å². The zero-order valence-corrected chi connectivity index (χ0v) is 33.2. The Labute approximate surface area is 331 Å². The molecule has 2 aromatic rings. The van der Waals surface area contributed by atoms with Gasteiger partial charge in [0.15, 0.2) is 0 Å². The second-order valence-corrected chi connectivity index (χ2v) is 15.4. The van der Waals surface area contributed by atoms with Gasteiger partial charge in [-0.15, -0.1) is 6.58 Å². The van der Waals surface area contributed by atoms with Crippen molar-refractivity contribution in [2.45, 2.75) is 96.0 Å². The molecule has 6 unspecified atom stereocenters. The number of aliphatic hydroxyl groups excluding tert-OH is 3. The molecule has 0 radical (unpaired) electrons. The van der Waals surface area contributed by atoms with Gasteiger partial charge in [-0.05, 0) is 100 Å². The van der Waals surface area contributed by atoms with Crippen molar-refractivity contribution in [1.29, 1.82) is 0 Å². The number of aromatic nitrogens is 1. The Morgan fingerprint density at radius 1 is 1.07 bits per heavy atom. The van der Waals surface area contributed by atoms with Crippen LogP contribution in [0.25, 0.3) is 0 Å². The minimum Gasteiger partial charge on any atom is -0.487 e. The van der Waals surface area contributed by atoms with Crippen LogP contribution in [0.1, 0.15) is 87.6 Å². The Kier molecular flexibility index (Phi) is 15.0. The van der Waals surface area contributed by atoms with E-state index < -0.39 is 17.7 Å². The summed E-state index contributed by atoms with van der Waals surface area (Å²) in [4.78, 5) is 26.8. The van der Waals surface area contributed by atoms with Crippen molar-refractivity contribution < 1.29 is 43.9 Å². The summed E-state index contributed by atoms with van der Waals surface area (Å²) in [5, 5.41) is 34.0. The fraction of sp³-hybridized carbons (Fsp3) is 0.614. The lowest BCUT2D eigenvalue weighted by molar-refractivity contribution is -0.258. The minimum absolute atomic E-state index is 0.0315. The Bertz CT molecular complexity index is 1680. The number of fused-ring (bicyclic) bond motifs is 2. The molecular formula is C44H61N3O9. The number of oxime groups is 1. The van der Waals surface area contributed by atoms with E-state index >= 15 is 0 Å². The van der Waals surface area contributed by atoms with Crippen LogP contribution in [0.2, 0.25) is 0 Å². The van der Waals surface area contributed by atoms with Crippen molar-refractivity contribution >= 4 is 11.6 Å². The monoisotopic (exact) mass is 775 g/mol. The number of hydrogen-bond acceptors (Lipinski definition) is 11. The van der Waals surface area contributed by atoms with Crippen molar-refractivity contribution in [1.82, 2.24) is 9.88 Å². The van der Waals surface area contributed by atoms with Crippen LogP contribution in [0.3, 0.4) is 0 Å². The lowest BCUT2D eigenvalue weighted by Crippen LogP contribution is -2.70. The third-order valence-electron chi connectivity index (χ3n) is 11.6. The van der Waals surface area contributed by atoms with Gasteiger partial charge in [-0.2, -0.15) is 0 Å². The number of unbranched alkanes of at least 4 members (excludes halogenated alkanes) is 2. The highest BCUT2D eigenvalue weighted by Gasteiger charge is 2.65. The number of pyridine rings is 1. The Morgan fingerprint density at radius 2 is 1.88 bits per heavy atom. The minimum atomic E-state index is -1.33. The molecule has 2 saturated carbocycles. The first-order chi connectivity index (χ1) is 27.4. The second kappa shape index (κ2) is 20.1. The van der Waals surface area contributed by atoms with E-state index in [0.29, 0.717) is 44.0 Å². The number of benzene rings is 1. The van der Waals surface area contributed by atoms with Crippen LogP contribution in [0, 0.1) is 30.6 Å². The topological polar surface area (TPSA) is 152 Å². The largest absolute Gasteiger partial charge is 0.487 e. The van der Waals surface area contributed by atoms with Gasteiger partial charge in [-0.1, -0.05) is 36.2 Å². The highest BCUT2D eigenvalue weighted by atomic mass is 16.7. The lowest BCUT2D eigenvalue weighted by Gasteiger charge is -2.60. The van der Waals surface area contributed by atoms with E-state index in [4.69, 9.17) is 28.9 Å². The van der Waals surface area contributed by atoms with Crippen molar-refractivity contribution in [3.8, 4) is 11.5 Å². The maximum Gasteiger partial charge on any atom is 0.239 e. The standard InChI is InChI=1S/C44H61N3O9/c1-4-23-54-44-40(47(19-24-52-25-22-50)43(51)31-15-16-31)28-38(46-55-5-2)36-26-32(12-6-8-20-48)35(14-7-9-21-49)41(42(36)44)37-27-34(17-18-39(37)56-44)53-29-33-13-10-11-30(3)45-33/h4,10-11,13,17-18,26-27,31-32,35,40-42,48-50H,1,5-9,12,14-16,19-25,28-29H2,2-3H3. The number of nitrogens with zero attached hydrogens (tertiary/aromatic N) is 3. The molecule has 4 aliphatic rings. The van der Waals surface area contributed by atoms with E-state index in [2.05, 4.69) is 23.7 Å². The van der Waals surface area contributed by atoms with Crippen LogP contribution < -0.4 is 9.47 Å². The molecule has 0 saturated heterocycles. The number of rotatable bonds is 23. The molecule has 6 atom stereocenters. The highest BCUT2D eigenvalue weighted by Crippen LogP contribution is 2.62. The average Bonchev–Trinajstić information content (AvgIpc) is 4.06. The molecule has 1 aromatic carbocycles. The molecule has 306 valence electrons. The van der Waals surface area contributed by atoms with Gasteiger partial charge in [0.25, 0.3) is 0 Å². The third kappa shape index (κ3) is 9.48. The molecule has 0 bridgehead atoms. The molecule has 56 heavy (non-hydrogen) atoms. The number of ether oxygens (including phenoxy) is 4. The summed E-state index contributed by atoms with van der Waals surface area (Å²) in [6.45, 7) is 9.59. The van der Waals surface area contributed by atoms with Gasteiger partial charge in [0, 0.05) is 49.3 Å². The normalized spacial score (nSPS) is 25.8. The maximum atomic E-state index is 14.4. The zero-order chi connectivity index (χ0) is 39.5. The van der Waals surface area contributed by atoms with Crippen LogP contribution in [0.5, 0.6) is 11.5 Å². The van der Waals surface area contributed by atoms with Crippen molar-refractivity contribution in [2.24, 2.45) is 28.8 Å². The quantitative estimate of drug-likeness (QED) is 0.0710. The van der Waals surface area contributed by atoms with Gasteiger partial charge in [-0.25, -0.2) is 0 Å². The van der Waals surface area contributed by atoms with Crippen LogP contribution in [0.4, 0.5) is 0 Å². The first-order valence-corrected chi connectivity index (χ1v) is 20.6. The molecule has 12 nitrogen and oxygen atoms in total. The first kappa shape index (κ1) is 41.8. The summed E-state index contributed by atoms with van der Waals surface area (Å²) in [6.07, 6.45) is 10.8. The predicted octanol–water partition coefficient (Wildman–Crippen LogP) is 5.87. The van der Waals surface area contributed by atoms with Crippen molar-refractivity contribution in [2.75, 3.05) is 52.8 Å². The van der Waals surface area contributed by atoms with Gasteiger partial charge in [0.2, 0.25) is 11.7 Å². The number of carbonyl (C=O) groups excluding carboxylic acids is 1. The SMILES string of the molecule is C=CCOC12Oc3ccc(OCc4cccc(C)n4)cc3C3C(CCCCO)C(CCCCO)C=C(C(=NOCC)CC1N(CCOCCO)C(=O)C1CC1)C32. The molecule has 0 spiro atoms. The summed E-state index contributed by atoms with van der Waals surface area (Å²) in [5.41, 5.74) is 4.51. The van der Waals surface area contributed by atoms with E-state index in [1.165, 1.54) is 0 Å². The van der Waals surface area contributed by atoms with Crippen LogP contribution in [0.15, 0.2) is 65.9 Å². The summed E-state index contributed by atoms with van der Waals surface area (Å²) in [5.74, 6) is -0.347. The molecule has 1 aromatic heterocycles. The molecule has 2 heterocycles. The molecule has 3 aliphatic carbocycles.